The van der Waals surface area contributed by atoms with Crippen LogP contribution >= 0.6 is 0 Å². The molecule has 13 heavy (non-hydrogen) atoms. The molecule has 1 aliphatic heterocycles. The topological polar surface area (TPSA) is 87.1 Å². The van der Waals surface area contributed by atoms with Crippen LogP contribution in [0.2, 0.25) is 0 Å². The van der Waals surface area contributed by atoms with Crippen molar-refractivity contribution in [1.82, 2.24) is 4.90 Å². The molecule has 1 rings (SSSR count). The van der Waals surface area contributed by atoms with E-state index in [9.17, 15) is 9.59 Å². The van der Waals surface area contributed by atoms with Gasteiger partial charge in [-0.2, -0.15) is 0 Å². The number of aliphatic hydroxyl groups is 1. The van der Waals surface area contributed by atoms with Crippen molar-refractivity contribution in [2.24, 2.45) is 0 Å². The van der Waals surface area contributed by atoms with Crippen molar-refractivity contribution in [2.45, 2.75) is 6.10 Å². The highest BCUT2D eigenvalue weighted by molar-refractivity contribution is 5.78. The number of ether oxygens (including phenoxy) is 1. The van der Waals surface area contributed by atoms with Crippen molar-refractivity contribution in [3.05, 3.63) is 0 Å². The molecule has 1 heterocycles. The van der Waals surface area contributed by atoms with Crippen LogP contribution in [0.4, 0.5) is 0 Å². The predicted octanol–water partition coefficient (Wildman–Crippen LogP) is -1.71. The molecule has 0 bridgehead atoms. The molecule has 1 saturated heterocycles. The summed E-state index contributed by atoms with van der Waals surface area (Å²) in [5.41, 5.74) is 0. The SMILES string of the molecule is O=C(O)COCC(=O)N1CC(O)C1. The van der Waals surface area contributed by atoms with Crippen molar-refractivity contribution in [3.8, 4) is 0 Å². The van der Waals surface area contributed by atoms with Gasteiger partial charge in [-0.05, 0) is 0 Å². The third kappa shape index (κ3) is 3.00. The molecule has 0 atom stereocenters. The lowest BCUT2D eigenvalue weighted by Gasteiger charge is -2.35. The molecule has 1 fully saturated rings. The molecule has 0 spiro atoms. The van der Waals surface area contributed by atoms with Gasteiger partial charge in [-0.3, -0.25) is 4.79 Å². The fourth-order valence-electron chi connectivity index (χ4n) is 0.976. The summed E-state index contributed by atoms with van der Waals surface area (Å²) in [7, 11) is 0. The number of nitrogens with zero attached hydrogens (tertiary/aromatic N) is 1. The van der Waals surface area contributed by atoms with Crippen LogP contribution in [0, 0.1) is 0 Å². The Morgan fingerprint density at radius 1 is 1.38 bits per heavy atom. The first kappa shape index (κ1) is 9.94. The van der Waals surface area contributed by atoms with Gasteiger partial charge in [0.25, 0.3) is 0 Å². The van der Waals surface area contributed by atoms with Gasteiger partial charge in [0.15, 0.2) is 0 Å². The van der Waals surface area contributed by atoms with Crippen LogP contribution in [0.3, 0.4) is 0 Å². The average Bonchev–Trinajstić information content (AvgIpc) is 1.97. The number of aliphatic hydroxyl groups excluding tert-OH is 1. The van der Waals surface area contributed by atoms with Gasteiger partial charge in [-0.25, -0.2) is 4.79 Å². The molecular formula is C7H11NO5. The molecule has 0 radical (unpaired) electrons. The monoisotopic (exact) mass is 189 g/mol. The number of carbonyl (C=O) groups excluding carboxylic acids is 1. The van der Waals surface area contributed by atoms with Gasteiger partial charge in [0, 0.05) is 13.1 Å². The van der Waals surface area contributed by atoms with Gasteiger partial charge in [0.1, 0.15) is 13.2 Å². The summed E-state index contributed by atoms with van der Waals surface area (Å²) in [6.45, 7) is -0.0777. The number of rotatable bonds is 4. The number of β-amino-alcohol motifs (C(OH)–C–C–N with tert-alkyl or cyclic N) is 1. The second kappa shape index (κ2) is 4.20. The summed E-state index contributed by atoms with van der Waals surface area (Å²) < 4.78 is 4.58. The second-order valence-electron chi connectivity index (χ2n) is 2.84. The van der Waals surface area contributed by atoms with Crippen molar-refractivity contribution >= 4 is 11.9 Å². The minimum atomic E-state index is -1.10. The minimum absolute atomic E-state index is 0.237. The summed E-state index contributed by atoms with van der Waals surface area (Å²) >= 11 is 0. The van der Waals surface area contributed by atoms with Gasteiger partial charge < -0.3 is 19.8 Å². The summed E-state index contributed by atoms with van der Waals surface area (Å²) in [4.78, 5) is 22.5. The number of carbonyl (C=O) groups is 2. The van der Waals surface area contributed by atoms with Crippen LogP contribution in [0.5, 0.6) is 0 Å². The Bertz CT molecular complexity index is 211. The number of hydrogen-bond acceptors (Lipinski definition) is 4. The summed E-state index contributed by atoms with van der Waals surface area (Å²) in [5.74, 6) is -1.39. The first-order valence-corrected chi connectivity index (χ1v) is 3.85. The molecule has 6 heteroatoms. The van der Waals surface area contributed by atoms with Crippen molar-refractivity contribution < 1.29 is 24.5 Å². The second-order valence-corrected chi connectivity index (χ2v) is 2.84. The van der Waals surface area contributed by atoms with E-state index in [2.05, 4.69) is 4.74 Å². The Kier molecular flexibility index (Phi) is 3.21. The van der Waals surface area contributed by atoms with E-state index in [1.54, 1.807) is 0 Å². The van der Waals surface area contributed by atoms with E-state index >= 15 is 0 Å². The zero-order valence-electron chi connectivity index (χ0n) is 6.97. The summed E-state index contributed by atoms with van der Waals surface area (Å²) in [6, 6.07) is 0. The van der Waals surface area contributed by atoms with Crippen molar-refractivity contribution in [1.29, 1.82) is 0 Å². The lowest BCUT2D eigenvalue weighted by atomic mass is 10.2. The Balaban J connectivity index is 2.08. The highest BCUT2D eigenvalue weighted by atomic mass is 16.5. The van der Waals surface area contributed by atoms with Crippen LogP contribution < -0.4 is 0 Å². The number of carboxylic acid groups (broad SMARTS) is 1. The number of carboxylic acids is 1. The lowest BCUT2D eigenvalue weighted by molar-refractivity contribution is -0.150. The highest BCUT2D eigenvalue weighted by Gasteiger charge is 2.28. The predicted molar refractivity (Wildman–Crippen MR) is 41.0 cm³/mol. The zero-order valence-corrected chi connectivity index (χ0v) is 6.97. The first-order chi connectivity index (χ1) is 6.09. The normalized spacial score (nSPS) is 16.8. The maximum absolute atomic E-state index is 11.0. The quantitative estimate of drug-likeness (QED) is 0.550. The molecule has 0 unspecified atom stereocenters. The maximum atomic E-state index is 11.0. The van der Waals surface area contributed by atoms with Crippen LogP contribution in [0.15, 0.2) is 0 Å². The standard InChI is InChI=1S/C7H11NO5/c9-5-1-8(2-5)6(10)3-13-4-7(11)12/h5,9H,1-4H2,(H,11,12). The van der Waals surface area contributed by atoms with Gasteiger partial charge >= 0.3 is 5.97 Å². The number of hydrogen-bond donors (Lipinski definition) is 2. The molecule has 0 aromatic rings. The fraction of sp³-hybridized carbons (Fsp3) is 0.714. The lowest BCUT2D eigenvalue weighted by Crippen LogP contribution is -2.54. The van der Waals surface area contributed by atoms with E-state index in [-0.39, 0.29) is 12.5 Å². The van der Waals surface area contributed by atoms with E-state index in [0.29, 0.717) is 13.1 Å². The molecule has 6 nitrogen and oxygen atoms in total. The molecule has 74 valence electrons. The van der Waals surface area contributed by atoms with E-state index in [1.165, 1.54) is 4.90 Å². The van der Waals surface area contributed by atoms with Gasteiger partial charge in [-0.15, -0.1) is 0 Å². The van der Waals surface area contributed by atoms with E-state index in [1.807, 2.05) is 0 Å². The molecule has 0 saturated carbocycles. The van der Waals surface area contributed by atoms with E-state index < -0.39 is 18.7 Å². The average molecular weight is 189 g/mol. The Labute approximate surface area is 74.7 Å². The first-order valence-electron chi connectivity index (χ1n) is 3.85. The van der Waals surface area contributed by atoms with Crippen LogP contribution in [-0.2, 0) is 14.3 Å². The Hall–Kier alpha value is -1.14. The number of aliphatic carboxylic acids is 1. The Morgan fingerprint density at radius 3 is 2.46 bits per heavy atom. The van der Waals surface area contributed by atoms with E-state index in [0.717, 1.165) is 0 Å². The number of likely N-dealkylation sites (tertiary alicyclic amines) is 1. The molecule has 1 aliphatic rings. The van der Waals surface area contributed by atoms with Crippen LogP contribution in [-0.4, -0.2) is 59.4 Å². The molecule has 0 aromatic heterocycles. The third-order valence-corrected chi connectivity index (χ3v) is 1.67. The maximum Gasteiger partial charge on any atom is 0.329 e. The molecule has 1 amide bonds. The van der Waals surface area contributed by atoms with Crippen molar-refractivity contribution in [3.63, 3.8) is 0 Å². The highest BCUT2D eigenvalue weighted by Crippen LogP contribution is 2.06. The van der Waals surface area contributed by atoms with Crippen LogP contribution in [0.1, 0.15) is 0 Å². The Morgan fingerprint density at radius 2 is 2.00 bits per heavy atom. The molecular weight excluding hydrogens is 178 g/mol. The molecule has 0 aromatic carbocycles. The largest absolute Gasteiger partial charge is 0.480 e. The van der Waals surface area contributed by atoms with Crippen LogP contribution in [0.25, 0.3) is 0 Å². The fourth-order valence-corrected chi connectivity index (χ4v) is 0.976. The number of amides is 1. The van der Waals surface area contributed by atoms with E-state index in [4.69, 9.17) is 10.2 Å². The molecule has 0 aliphatic carbocycles. The zero-order chi connectivity index (χ0) is 9.84. The minimum Gasteiger partial charge on any atom is -0.480 e. The third-order valence-electron chi connectivity index (χ3n) is 1.67. The van der Waals surface area contributed by atoms with Gasteiger partial charge in [-0.1, -0.05) is 0 Å². The van der Waals surface area contributed by atoms with Gasteiger partial charge in [0.05, 0.1) is 6.10 Å². The summed E-state index contributed by atoms with van der Waals surface area (Å²) in [6.07, 6.45) is -0.441. The van der Waals surface area contributed by atoms with Crippen molar-refractivity contribution in [2.75, 3.05) is 26.3 Å². The smallest absolute Gasteiger partial charge is 0.329 e. The summed E-state index contributed by atoms with van der Waals surface area (Å²) in [5, 5.41) is 17.0. The molecule has 2 N–H and O–H groups in total. The van der Waals surface area contributed by atoms with Gasteiger partial charge in [0.2, 0.25) is 5.91 Å².